The molecule has 23 heavy (non-hydrogen) atoms. The van der Waals surface area contributed by atoms with Gasteiger partial charge >= 0.3 is 5.97 Å². The third-order valence-electron chi connectivity index (χ3n) is 3.74. The molecule has 1 amide bonds. The van der Waals surface area contributed by atoms with Gasteiger partial charge in [0.05, 0.1) is 6.54 Å². The van der Waals surface area contributed by atoms with E-state index in [1.807, 2.05) is 16.8 Å². The van der Waals surface area contributed by atoms with Crippen molar-refractivity contribution >= 4 is 23.2 Å². The van der Waals surface area contributed by atoms with E-state index in [4.69, 9.17) is 9.52 Å². The average molecular weight is 339 g/mol. The zero-order chi connectivity index (χ0) is 16.4. The van der Waals surface area contributed by atoms with E-state index in [0.717, 1.165) is 5.56 Å². The molecule has 1 aliphatic heterocycles. The molecule has 1 saturated heterocycles. The molecule has 0 saturated carbocycles. The van der Waals surface area contributed by atoms with E-state index in [9.17, 15) is 14.0 Å². The molecular formula is C14H14FN3O4S. The monoisotopic (exact) mass is 339 g/mol. The van der Waals surface area contributed by atoms with Crippen LogP contribution in [0.5, 0.6) is 0 Å². The lowest BCUT2D eigenvalue weighted by molar-refractivity contribution is -0.150. The van der Waals surface area contributed by atoms with Crippen LogP contribution in [0.25, 0.3) is 11.5 Å². The third kappa shape index (κ3) is 3.24. The Balaban J connectivity index is 1.55. The van der Waals surface area contributed by atoms with E-state index in [-0.39, 0.29) is 31.7 Å². The Labute approximate surface area is 134 Å². The maximum Gasteiger partial charge on any atom is 0.343 e. The number of carboxylic acid groups (broad SMARTS) is 1. The van der Waals surface area contributed by atoms with Gasteiger partial charge in [-0.1, -0.05) is 0 Å². The zero-order valence-electron chi connectivity index (χ0n) is 12.1. The second-order valence-corrected chi connectivity index (χ2v) is 6.13. The SMILES string of the molecule is O=C(CCc1nnc(-c2ccsc2)o1)N1CCC(F)(C(=O)O)C1. The van der Waals surface area contributed by atoms with Gasteiger partial charge in [-0.05, 0) is 11.4 Å². The van der Waals surface area contributed by atoms with Gasteiger partial charge in [0.25, 0.3) is 0 Å². The molecule has 1 aliphatic rings. The molecule has 1 atom stereocenters. The van der Waals surface area contributed by atoms with Crippen LogP contribution in [0.15, 0.2) is 21.2 Å². The highest BCUT2D eigenvalue weighted by atomic mass is 32.1. The van der Waals surface area contributed by atoms with Crippen LogP contribution < -0.4 is 0 Å². The Morgan fingerprint density at radius 1 is 1.48 bits per heavy atom. The number of nitrogens with zero attached hydrogens (tertiary/aromatic N) is 3. The number of aryl methyl sites for hydroxylation is 1. The minimum Gasteiger partial charge on any atom is -0.479 e. The average Bonchev–Trinajstić information content (AvgIpc) is 3.25. The van der Waals surface area contributed by atoms with Gasteiger partial charge in [-0.3, -0.25) is 4.79 Å². The third-order valence-corrected chi connectivity index (χ3v) is 4.43. The van der Waals surface area contributed by atoms with Gasteiger partial charge in [0.2, 0.25) is 23.4 Å². The van der Waals surface area contributed by atoms with Crippen molar-refractivity contribution in [3.63, 3.8) is 0 Å². The van der Waals surface area contributed by atoms with Crippen LogP contribution in [0.2, 0.25) is 0 Å². The highest BCUT2D eigenvalue weighted by molar-refractivity contribution is 7.08. The summed E-state index contributed by atoms with van der Waals surface area (Å²) in [5.74, 6) is -1.13. The van der Waals surface area contributed by atoms with E-state index in [0.29, 0.717) is 11.8 Å². The van der Waals surface area contributed by atoms with Gasteiger partial charge in [0.15, 0.2) is 0 Å². The highest BCUT2D eigenvalue weighted by Gasteiger charge is 2.46. The molecule has 1 fully saturated rings. The van der Waals surface area contributed by atoms with Crippen LogP contribution in [0.3, 0.4) is 0 Å². The van der Waals surface area contributed by atoms with Crippen LogP contribution in [0.1, 0.15) is 18.7 Å². The summed E-state index contributed by atoms with van der Waals surface area (Å²) >= 11 is 1.51. The number of hydrogen-bond acceptors (Lipinski definition) is 6. The zero-order valence-corrected chi connectivity index (χ0v) is 12.9. The first kappa shape index (κ1) is 15.6. The normalized spacial score (nSPS) is 20.8. The molecule has 1 N–H and O–H groups in total. The first-order valence-electron chi connectivity index (χ1n) is 7.03. The Kier molecular flexibility index (Phi) is 4.12. The predicted molar refractivity (Wildman–Crippen MR) is 78.6 cm³/mol. The van der Waals surface area contributed by atoms with Gasteiger partial charge in [0, 0.05) is 36.8 Å². The molecule has 1 unspecified atom stereocenters. The smallest absolute Gasteiger partial charge is 0.343 e. The molecule has 0 aromatic carbocycles. The van der Waals surface area contributed by atoms with E-state index in [1.54, 1.807) is 0 Å². The van der Waals surface area contributed by atoms with Crippen molar-refractivity contribution in [2.45, 2.75) is 24.9 Å². The number of aromatic nitrogens is 2. The molecule has 2 aromatic heterocycles. The Morgan fingerprint density at radius 3 is 2.96 bits per heavy atom. The number of alkyl halides is 1. The molecule has 0 radical (unpaired) electrons. The number of thiophene rings is 1. The van der Waals surface area contributed by atoms with Crippen LogP contribution in [0.4, 0.5) is 4.39 Å². The first-order valence-corrected chi connectivity index (χ1v) is 7.97. The van der Waals surface area contributed by atoms with Crippen LogP contribution in [-0.2, 0) is 16.0 Å². The summed E-state index contributed by atoms with van der Waals surface area (Å²) in [4.78, 5) is 24.1. The van der Waals surface area contributed by atoms with Gasteiger partial charge in [-0.15, -0.1) is 10.2 Å². The number of carbonyl (C=O) groups is 2. The second-order valence-electron chi connectivity index (χ2n) is 5.35. The van der Waals surface area contributed by atoms with Crippen molar-refractivity contribution in [3.8, 4) is 11.5 Å². The Hall–Kier alpha value is -2.29. The van der Waals surface area contributed by atoms with Crippen molar-refractivity contribution in [1.29, 1.82) is 0 Å². The number of amides is 1. The van der Waals surface area contributed by atoms with Crippen molar-refractivity contribution < 1.29 is 23.5 Å². The maximum atomic E-state index is 13.9. The molecule has 0 bridgehead atoms. The Bertz CT molecular complexity index is 717. The van der Waals surface area contributed by atoms with Crippen molar-refractivity contribution in [2.75, 3.05) is 13.1 Å². The summed E-state index contributed by atoms with van der Waals surface area (Å²) in [6, 6.07) is 1.85. The van der Waals surface area contributed by atoms with Crippen molar-refractivity contribution in [2.24, 2.45) is 0 Å². The molecule has 3 heterocycles. The fourth-order valence-corrected chi connectivity index (χ4v) is 3.02. The van der Waals surface area contributed by atoms with Crippen molar-refractivity contribution in [1.82, 2.24) is 15.1 Å². The molecular weight excluding hydrogens is 325 g/mol. The number of aliphatic carboxylic acids is 1. The summed E-state index contributed by atoms with van der Waals surface area (Å²) in [6.07, 6.45) is 0.122. The number of likely N-dealkylation sites (tertiary alicyclic amines) is 1. The summed E-state index contributed by atoms with van der Waals surface area (Å²) < 4.78 is 19.4. The molecule has 0 aliphatic carbocycles. The molecule has 0 spiro atoms. The summed E-state index contributed by atoms with van der Waals surface area (Å²) in [5.41, 5.74) is -1.52. The maximum absolute atomic E-state index is 13.9. The van der Waals surface area contributed by atoms with E-state index >= 15 is 0 Å². The number of carboxylic acids is 1. The molecule has 3 rings (SSSR count). The predicted octanol–water partition coefficient (Wildman–Crippen LogP) is 1.76. The standard InChI is InChI=1S/C14H14FN3O4S/c15-14(13(20)21)4-5-18(8-14)11(19)2-1-10-16-17-12(22-10)9-3-6-23-7-9/h3,6-7H,1-2,4-5,8H2,(H,20,21). The quantitative estimate of drug-likeness (QED) is 0.891. The largest absolute Gasteiger partial charge is 0.479 e. The van der Waals surface area contributed by atoms with Gasteiger partial charge in [-0.2, -0.15) is 11.3 Å². The lowest BCUT2D eigenvalue weighted by atomic mass is 10.1. The number of carbonyl (C=O) groups excluding carboxylic acids is 1. The van der Waals surface area contributed by atoms with Gasteiger partial charge < -0.3 is 14.4 Å². The van der Waals surface area contributed by atoms with Crippen molar-refractivity contribution in [3.05, 3.63) is 22.7 Å². The summed E-state index contributed by atoms with van der Waals surface area (Å²) in [7, 11) is 0. The fraction of sp³-hybridized carbons (Fsp3) is 0.429. The highest BCUT2D eigenvalue weighted by Crippen LogP contribution is 2.26. The van der Waals surface area contributed by atoms with E-state index in [1.165, 1.54) is 16.2 Å². The molecule has 2 aromatic rings. The van der Waals surface area contributed by atoms with Gasteiger partial charge in [-0.25, -0.2) is 9.18 Å². The molecule has 122 valence electrons. The van der Waals surface area contributed by atoms with Crippen LogP contribution in [0, 0.1) is 0 Å². The van der Waals surface area contributed by atoms with Crippen LogP contribution >= 0.6 is 11.3 Å². The minimum absolute atomic E-state index is 0.0704. The fourth-order valence-electron chi connectivity index (χ4n) is 2.39. The van der Waals surface area contributed by atoms with Crippen LogP contribution in [-0.4, -0.2) is 50.8 Å². The lowest BCUT2D eigenvalue weighted by Gasteiger charge is -2.17. The number of halogens is 1. The van der Waals surface area contributed by atoms with E-state index in [2.05, 4.69) is 10.2 Å². The minimum atomic E-state index is -2.34. The second kappa shape index (κ2) is 6.07. The Morgan fingerprint density at radius 2 is 2.30 bits per heavy atom. The van der Waals surface area contributed by atoms with Gasteiger partial charge in [0.1, 0.15) is 0 Å². The number of hydrogen-bond donors (Lipinski definition) is 1. The lowest BCUT2D eigenvalue weighted by Crippen LogP contribution is -2.38. The molecule has 9 heteroatoms. The summed E-state index contributed by atoms with van der Waals surface area (Å²) in [6.45, 7) is -0.309. The first-order chi connectivity index (χ1) is 11.0. The number of rotatable bonds is 5. The molecule has 7 nitrogen and oxygen atoms in total. The topological polar surface area (TPSA) is 96.5 Å². The van der Waals surface area contributed by atoms with E-state index < -0.39 is 18.2 Å². The summed E-state index contributed by atoms with van der Waals surface area (Å²) in [5, 5.41) is 20.4.